The summed E-state index contributed by atoms with van der Waals surface area (Å²) in [6, 6.07) is 0.251. The fourth-order valence-electron chi connectivity index (χ4n) is 3.70. The second-order valence-corrected chi connectivity index (χ2v) is 8.97. The number of aliphatic carboxylic acids is 2. The summed E-state index contributed by atoms with van der Waals surface area (Å²) in [4.78, 5) is 32.1. The van der Waals surface area contributed by atoms with Crippen molar-refractivity contribution in [2.45, 2.75) is 115 Å². The monoisotopic (exact) mass is 414 g/mol. The standard InChI is InChI=1S/C12H23N.C9H15NO6/c1-3-7-11(8-4-1)13-12-9-5-2-6-10-12;1-9(2,3)16-8(15)10-5(7(13)14)4-6(11)12/h11-13H,1-10H2;5H,4H2,1-3H3,(H,10,15)(H,11,12)(H,13,14). The van der Waals surface area contributed by atoms with Crippen molar-refractivity contribution in [2.24, 2.45) is 0 Å². The zero-order chi connectivity index (χ0) is 21.9. The Hall–Kier alpha value is -1.83. The van der Waals surface area contributed by atoms with Crippen LogP contribution in [-0.4, -0.2) is 52.0 Å². The van der Waals surface area contributed by atoms with Crippen LogP contribution < -0.4 is 10.6 Å². The third kappa shape index (κ3) is 12.4. The summed E-state index contributed by atoms with van der Waals surface area (Å²) >= 11 is 0. The van der Waals surface area contributed by atoms with Crippen molar-refractivity contribution in [1.29, 1.82) is 0 Å². The van der Waals surface area contributed by atoms with Crippen molar-refractivity contribution in [1.82, 2.24) is 10.6 Å². The Balaban J connectivity index is 0.000000294. The van der Waals surface area contributed by atoms with Crippen LogP contribution in [-0.2, 0) is 14.3 Å². The minimum atomic E-state index is -1.49. The van der Waals surface area contributed by atoms with E-state index in [1.54, 1.807) is 20.8 Å². The van der Waals surface area contributed by atoms with E-state index in [0.29, 0.717) is 0 Å². The lowest BCUT2D eigenvalue weighted by molar-refractivity contribution is -0.145. The third-order valence-corrected chi connectivity index (χ3v) is 5.05. The number of carbonyl (C=O) groups is 3. The number of carbonyl (C=O) groups excluding carboxylic acids is 1. The number of nitrogens with one attached hydrogen (secondary N) is 2. The molecule has 168 valence electrons. The SMILES string of the molecule is C1CCC(NC2CCCCC2)CC1.CC(C)(C)OC(=O)NC(CC(=O)O)C(=O)O. The first-order chi connectivity index (χ1) is 13.6. The van der Waals surface area contributed by atoms with Crippen LogP contribution in [0.25, 0.3) is 0 Å². The molecular formula is C21H38N2O6. The Kier molecular flexibility index (Phi) is 11.0. The maximum absolute atomic E-state index is 11.2. The molecule has 2 aliphatic carbocycles. The number of hydrogen-bond donors (Lipinski definition) is 4. The first-order valence-electron chi connectivity index (χ1n) is 10.8. The van der Waals surface area contributed by atoms with Crippen LogP contribution in [0.4, 0.5) is 4.79 Å². The van der Waals surface area contributed by atoms with Gasteiger partial charge in [0.2, 0.25) is 0 Å². The van der Waals surface area contributed by atoms with Gasteiger partial charge in [0, 0.05) is 12.1 Å². The van der Waals surface area contributed by atoms with Gasteiger partial charge < -0.3 is 25.6 Å². The Morgan fingerprint density at radius 3 is 1.69 bits per heavy atom. The molecule has 4 N–H and O–H groups in total. The van der Waals surface area contributed by atoms with E-state index in [0.717, 1.165) is 12.1 Å². The quantitative estimate of drug-likeness (QED) is 0.522. The third-order valence-electron chi connectivity index (χ3n) is 5.05. The average Bonchev–Trinajstić information content (AvgIpc) is 2.61. The molecular weight excluding hydrogens is 376 g/mol. The number of rotatable bonds is 6. The van der Waals surface area contributed by atoms with Gasteiger partial charge in [-0.3, -0.25) is 4.79 Å². The van der Waals surface area contributed by atoms with Crippen LogP contribution >= 0.6 is 0 Å². The van der Waals surface area contributed by atoms with Crippen molar-refractivity contribution >= 4 is 18.0 Å². The molecule has 8 nitrogen and oxygen atoms in total. The lowest BCUT2D eigenvalue weighted by Gasteiger charge is -2.30. The molecule has 0 aliphatic heterocycles. The number of hydrogen-bond acceptors (Lipinski definition) is 5. The van der Waals surface area contributed by atoms with E-state index in [2.05, 4.69) is 5.32 Å². The van der Waals surface area contributed by atoms with Crippen LogP contribution in [0.1, 0.15) is 91.4 Å². The lowest BCUT2D eigenvalue weighted by atomic mass is 9.91. The van der Waals surface area contributed by atoms with Gasteiger partial charge >= 0.3 is 18.0 Å². The molecule has 0 spiro atoms. The predicted octanol–water partition coefficient (Wildman–Crippen LogP) is 3.68. The molecule has 2 rings (SSSR count). The Morgan fingerprint density at radius 1 is 0.897 bits per heavy atom. The zero-order valence-corrected chi connectivity index (χ0v) is 18.0. The normalized spacial score (nSPS) is 19.4. The van der Waals surface area contributed by atoms with Gasteiger partial charge in [0.25, 0.3) is 0 Å². The molecule has 2 saturated carbocycles. The van der Waals surface area contributed by atoms with Crippen LogP contribution in [0, 0.1) is 0 Å². The summed E-state index contributed by atoms with van der Waals surface area (Å²) in [6.45, 7) is 4.83. The van der Waals surface area contributed by atoms with Gasteiger partial charge in [-0.25, -0.2) is 9.59 Å². The fraction of sp³-hybridized carbons (Fsp3) is 0.857. The van der Waals surface area contributed by atoms with Crippen molar-refractivity contribution in [2.75, 3.05) is 0 Å². The molecule has 1 amide bonds. The molecule has 0 aromatic heterocycles. The van der Waals surface area contributed by atoms with Gasteiger partial charge in [0.05, 0.1) is 6.42 Å². The van der Waals surface area contributed by atoms with E-state index in [1.165, 1.54) is 64.2 Å². The summed E-state index contributed by atoms with van der Waals surface area (Å²) in [6.07, 6.45) is 12.9. The summed E-state index contributed by atoms with van der Waals surface area (Å²) in [7, 11) is 0. The van der Waals surface area contributed by atoms with Crippen LogP contribution in [0.3, 0.4) is 0 Å². The molecule has 0 aromatic rings. The number of amides is 1. The molecule has 29 heavy (non-hydrogen) atoms. The predicted molar refractivity (Wildman–Crippen MR) is 110 cm³/mol. The molecule has 8 heteroatoms. The number of ether oxygens (including phenoxy) is 1. The van der Waals surface area contributed by atoms with Gasteiger partial charge in [-0.1, -0.05) is 38.5 Å². The summed E-state index contributed by atoms with van der Waals surface area (Å²) < 4.78 is 4.79. The van der Waals surface area contributed by atoms with Gasteiger partial charge in [-0.05, 0) is 46.5 Å². The minimum absolute atomic E-state index is 0.700. The van der Waals surface area contributed by atoms with Crippen molar-refractivity contribution in [3.63, 3.8) is 0 Å². The molecule has 2 fully saturated rings. The molecule has 0 aromatic carbocycles. The fourth-order valence-corrected chi connectivity index (χ4v) is 3.70. The number of carboxylic acids is 2. The van der Waals surface area contributed by atoms with Crippen LogP contribution in [0.15, 0.2) is 0 Å². The van der Waals surface area contributed by atoms with E-state index in [4.69, 9.17) is 14.9 Å². The van der Waals surface area contributed by atoms with E-state index >= 15 is 0 Å². The second-order valence-electron chi connectivity index (χ2n) is 8.97. The van der Waals surface area contributed by atoms with Gasteiger partial charge in [0.15, 0.2) is 0 Å². The molecule has 1 unspecified atom stereocenters. The van der Waals surface area contributed by atoms with Crippen molar-refractivity contribution in [3.05, 3.63) is 0 Å². The van der Waals surface area contributed by atoms with E-state index in [9.17, 15) is 14.4 Å². The molecule has 0 bridgehead atoms. The van der Waals surface area contributed by atoms with Gasteiger partial charge in [0.1, 0.15) is 11.6 Å². The lowest BCUT2D eigenvalue weighted by Crippen LogP contribution is -2.44. The Bertz CT molecular complexity index is 504. The summed E-state index contributed by atoms with van der Waals surface area (Å²) in [5.41, 5.74) is -0.767. The van der Waals surface area contributed by atoms with Crippen LogP contribution in [0.2, 0.25) is 0 Å². The smallest absolute Gasteiger partial charge is 0.408 e. The van der Waals surface area contributed by atoms with Gasteiger partial charge in [-0.2, -0.15) is 0 Å². The number of carboxylic acid groups (broad SMARTS) is 2. The van der Waals surface area contributed by atoms with E-state index < -0.39 is 36.1 Å². The highest BCUT2D eigenvalue weighted by atomic mass is 16.6. The van der Waals surface area contributed by atoms with E-state index in [1.807, 2.05) is 5.32 Å². The molecule has 0 radical (unpaired) electrons. The first kappa shape index (κ1) is 25.2. The summed E-state index contributed by atoms with van der Waals surface area (Å²) in [5.74, 6) is -2.74. The Labute approximate surface area is 173 Å². The van der Waals surface area contributed by atoms with Crippen LogP contribution in [0.5, 0.6) is 0 Å². The van der Waals surface area contributed by atoms with Crippen molar-refractivity contribution in [3.8, 4) is 0 Å². The largest absolute Gasteiger partial charge is 0.481 e. The highest BCUT2D eigenvalue weighted by molar-refractivity contribution is 5.84. The maximum atomic E-state index is 11.2. The second kappa shape index (κ2) is 12.7. The molecule has 2 aliphatic rings. The maximum Gasteiger partial charge on any atom is 0.408 e. The summed E-state index contributed by atoms with van der Waals surface area (Å²) in [5, 5.41) is 22.9. The highest BCUT2D eigenvalue weighted by Gasteiger charge is 2.26. The molecule has 0 saturated heterocycles. The first-order valence-corrected chi connectivity index (χ1v) is 10.8. The Morgan fingerprint density at radius 2 is 1.34 bits per heavy atom. The molecule has 0 heterocycles. The van der Waals surface area contributed by atoms with E-state index in [-0.39, 0.29) is 0 Å². The minimum Gasteiger partial charge on any atom is -0.481 e. The van der Waals surface area contributed by atoms with Crippen molar-refractivity contribution < 1.29 is 29.3 Å². The van der Waals surface area contributed by atoms with Gasteiger partial charge in [-0.15, -0.1) is 0 Å². The topological polar surface area (TPSA) is 125 Å². The number of alkyl carbamates (subject to hydrolysis) is 1. The average molecular weight is 415 g/mol. The highest BCUT2D eigenvalue weighted by Crippen LogP contribution is 2.22. The zero-order valence-electron chi connectivity index (χ0n) is 18.0. The molecule has 1 atom stereocenters.